The van der Waals surface area contributed by atoms with Crippen LogP contribution in [0.5, 0.6) is 11.5 Å². The number of amides is 1. The number of aliphatic carboxylic acids is 1. The van der Waals surface area contributed by atoms with E-state index < -0.39 is 24.0 Å². The molecule has 3 N–H and O–H groups in total. The molecule has 0 saturated heterocycles. The van der Waals surface area contributed by atoms with Gasteiger partial charge in [-0.2, -0.15) is 0 Å². The summed E-state index contributed by atoms with van der Waals surface area (Å²) in [7, 11) is 0. The van der Waals surface area contributed by atoms with Crippen molar-refractivity contribution in [2.75, 3.05) is 13.2 Å². The van der Waals surface area contributed by atoms with Crippen molar-refractivity contribution in [3.8, 4) is 11.5 Å². The van der Waals surface area contributed by atoms with Gasteiger partial charge in [-0.1, -0.05) is 6.07 Å². The van der Waals surface area contributed by atoms with Gasteiger partial charge in [-0.3, -0.25) is 4.79 Å². The average molecular weight is 281 g/mol. The number of rotatable bonds is 4. The zero-order valence-corrected chi connectivity index (χ0v) is 10.8. The normalized spacial score (nSPS) is 16.1. The maximum Gasteiger partial charge on any atom is 0.328 e. The molecule has 20 heavy (non-hydrogen) atoms. The fourth-order valence-electron chi connectivity index (χ4n) is 1.86. The zero-order chi connectivity index (χ0) is 14.7. The molecule has 0 aromatic heterocycles. The molecule has 7 heteroatoms. The fourth-order valence-corrected chi connectivity index (χ4v) is 1.86. The fraction of sp³-hybridized carbons (Fsp3) is 0.385. The van der Waals surface area contributed by atoms with Crippen molar-refractivity contribution in [3.63, 3.8) is 0 Å². The predicted molar refractivity (Wildman–Crippen MR) is 68.0 cm³/mol. The van der Waals surface area contributed by atoms with Gasteiger partial charge in [0.25, 0.3) is 5.91 Å². The van der Waals surface area contributed by atoms with Crippen molar-refractivity contribution >= 4 is 11.9 Å². The Bertz CT molecular complexity index is 528. The molecule has 1 aromatic rings. The molecule has 0 unspecified atom stereocenters. The summed E-state index contributed by atoms with van der Waals surface area (Å²) in [5.41, 5.74) is 0.175. The smallest absolute Gasteiger partial charge is 0.328 e. The summed E-state index contributed by atoms with van der Waals surface area (Å²) in [5, 5.41) is 20.6. The van der Waals surface area contributed by atoms with Crippen LogP contribution in [0.15, 0.2) is 18.2 Å². The van der Waals surface area contributed by atoms with Crippen molar-refractivity contribution in [1.82, 2.24) is 5.32 Å². The summed E-state index contributed by atoms with van der Waals surface area (Å²) >= 11 is 0. The SMILES string of the molecule is C[C@@H](O)[C@H](NC(=O)c1cccc2c1OCCO2)C(=O)O. The molecule has 0 aliphatic carbocycles. The number of benzene rings is 1. The van der Waals surface area contributed by atoms with Crippen LogP contribution in [0.4, 0.5) is 0 Å². The van der Waals surface area contributed by atoms with Gasteiger partial charge in [0.1, 0.15) is 13.2 Å². The maximum atomic E-state index is 12.1. The Kier molecular flexibility index (Phi) is 4.09. The van der Waals surface area contributed by atoms with Gasteiger partial charge >= 0.3 is 5.97 Å². The van der Waals surface area contributed by atoms with E-state index in [0.717, 1.165) is 0 Å². The highest BCUT2D eigenvalue weighted by atomic mass is 16.6. The standard InChI is InChI=1S/C13H15NO6/c1-7(15)10(13(17)18)14-12(16)8-3-2-4-9-11(8)20-6-5-19-9/h2-4,7,10,15H,5-6H2,1H3,(H,14,16)(H,17,18)/t7-,10+/m1/s1. The van der Waals surface area contributed by atoms with Crippen molar-refractivity contribution in [2.24, 2.45) is 0 Å². The van der Waals surface area contributed by atoms with E-state index in [1.54, 1.807) is 12.1 Å². The number of nitrogens with one attached hydrogen (secondary N) is 1. The Hall–Kier alpha value is -2.28. The number of hydrogen-bond donors (Lipinski definition) is 3. The van der Waals surface area contributed by atoms with E-state index in [0.29, 0.717) is 19.0 Å². The van der Waals surface area contributed by atoms with E-state index in [9.17, 15) is 14.7 Å². The summed E-state index contributed by atoms with van der Waals surface area (Å²) in [6.07, 6.45) is -1.21. The molecule has 0 saturated carbocycles. The van der Waals surface area contributed by atoms with Gasteiger partial charge in [-0.05, 0) is 19.1 Å². The van der Waals surface area contributed by atoms with E-state index in [-0.39, 0.29) is 11.3 Å². The van der Waals surface area contributed by atoms with Crippen molar-refractivity contribution in [1.29, 1.82) is 0 Å². The third-order valence-corrected chi connectivity index (χ3v) is 2.85. The first-order valence-electron chi connectivity index (χ1n) is 6.11. The average Bonchev–Trinajstić information content (AvgIpc) is 2.43. The lowest BCUT2D eigenvalue weighted by Gasteiger charge is -2.22. The minimum Gasteiger partial charge on any atom is -0.486 e. The Balaban J connectivity index is 2.23. The second kappa shape index (κ2) is 5.79. The lowest BCUT2D eigenvalue weighted by atomic mass is 10.1. The Morgan fingerprint density at radius 1 is 1.30 bits per heavy atom. The molecule has 108 valence electrons. The van der Waals surface area contributed by atoms with Gasteiger partial charge in [0.2, 0.25) is 0 Å². The number of carbonyl (C=O) groups is 2. The molecule has 0 fully saturated rings. The van der Waals surface area contributed by atoms with Gasteiger partial charge in [0.15, 0.2) is 17.5 Å². The molecular weight excluding hydrogens is 266 g/mol. The highest BCUT2D eigenvalue weighted by Gasteiger charge is 2.28. The van der Waals surface area contributed by atoms with Crippen LogP contribution in [0.25, 0.3) is 0 Å². The first-order chi connectivity index (χ1) is 9.50. The number of carboxylic acids is 1. The number of ether oxygens (including phenoxy) is 2. The van der Waals surface area contributed by atoms with E-state index in [2.05, 4.69) is 5.32 Å². The minimum absolute atomic E-state index is 0.175. The number of aliphatic hydroxyl groups is 1. The molecule has 2 atom stereocenters. The Labute approximate surface area is 115 Å². The van der Waals surface area contributed by atoms with Crippen LogP contribution >= 0.6 is 0 Å². The lowest BCUT2D eigenvalue weighted by Crippen LogP contribution is -2.47. The summed E-state index contributed by atoms with van der Waals surface area (Å²) in [6, 6.07) is 3.39. The molecule has 1 aliphatic rings. The highest BCUT2D eigenvalue weighted by molar-refractivity contribution is 5.99. The lowest BCUT2D eigenvalue weighted by molar-refractivity contribution is -0.141. The monoisotopic (exact) mass is 281 g/mol. The van der Waals surface area contributed by atoms with Crippen molar-refractivity contribution in [2.45, 2.75) is 19.1 Å². The number of aliphatic hydroxyl groups excluding tert-OH is 1. The summed E-state index contributed by atoms with van der Waals surface area (Å²) in [4.78, 5) is 23.1. The van der Waals surface area contributed by atoms with Crippen LogP contribution in [0, 0.1) is 0 Å². The molecule has 0 radical (unpaired) electrons. The molecule has 1 aliphatic heterocycles. The molecule has 1 heterocycles. The molecule has 7 nitrogen and oxygen atoms in total. The van der Waals surface area contributed by atoms with Crippen LogP contribution in [-0.2, 0) is 4.79 Å². The van der Waals surface area contributed by atoms with Crippen LogP contribution in [0.1, 0.15) is 17.3 Å². The number of hydrogen-bond acceptors (Lipinski definition) is 5. The maximum absolute atomic E-state index is 12.1. The second-order valence-corrected chi connectivity index (χ2v) is 4.36. The number of para-hydroxylation sites is 1. The quantitative estimate of drug-likeness (QED) is 0.718. The zero-order valence-electron chi connectivity index (χ0n) is 10.8. The predicted octanol–water partition coefficient (Wildman–Crippen LogP) is 0.0216. The molecule has 1 amide bonds. The van der Waals surface area contributed by atoms with E-state index in [4.69, 9.17) is 14.6 Å². The Morgan fingerprint density at radius 2 is 2.00 bits per heavy atom. The molecule has 0 bridgehead atoms. The third kappa shape index (κ3) is 2.83. The topological polar surface area (TPSA) is 105 Å². The largest absolute Gasteiger partial charge is 0.486 e. The molecular formula is C13H15NO6. The highest BCUT2D eigenvalue weighted by Crippen LogP contribution is 2.33. The number of fused-ring (bicyclic) bond motifs is 1. The third-order valence-electron chi connectivity index (χ3n) is 2.85. The molecule has 2 rings (SSSR count). The van der Waals surface area contributed by atoms with Crippen LogP contribution in [-0.4, -0.2) is 47.4 Å². The summed E-state index contributed by atoms with van der Waals surface area (Å²) < 4.78 is 10.7. The minimum atomic E-state index is -1.39. The number of carbonyl (C=O) groups excluding carboxylic acids is 1. The summed E-state index contributed by atoms with van der Waals surface area (Å²) in [5.74, 6) is -1.23. The van der Waals surface area contributed by atoms with Gasteiger partial charge in [0, 0.05) is 0 Å². The van der Waals surface area contributed by atoms with Gasteiger partial charge in [-0.25, -0.2) is 4.79 Å². The van der Waals surface area contributed by atoms with Gasteiger partial charge in [-0.15, -0.1) is 0 Å². The van der Waals surface area contributed by atoms with Crippen molar-refractivity contribution in [3.05, 3.63) is 23.8 Å². The molecule has 1 aromatic carbocycles. The first kappa shape index (κ1) is 14.1. The second-order valence-electron chi connectivity index (χ2n) is 4.36. The summed E-state index contributed by atoms with van der Waals surface area (Å²) in [6.45, 7) is 2.00. The van der Waals surface area contributed by atoms with Crippen LogP contribution < -0.4 is 14.8 Å². The number of carboxylic acid groups (broad SMARTS) is 1. The van der Waals surface area contributed by atoms with Gasteiger partial charge in [0.05, 0.1) is 11.7 Å². The van der Waals surface area contributed by atoms with E-state index in [1.165, 1.54) is 13.0 Å². The first-order valence-corrected chi connectivity index (χ1v) is 6.11. The van der Waals surface area contributed by atoms with Crippen LogP contribution in [0.2, 0.25) is 0 Å². The van der Waals surface area contributed by atoms with Crippen LogP contribution in [0.3, 0.4) is 0 Å². The van der Waals surface area contributed by atoms with E-state index >= 15 is 0 Å². The van der Waals surface area contributed by atoms with E-state index in [1.807, 2.05) is 0 Å². The molecule has 0 spiro atoms. The van der Waals surface area contributed by atoms with Gasteiger partial charge < -0.3 is 25.0 Å². The van der Waals surface area contributed by atoms with Crippen molar-refractivity contribution < 1.29 is 29.3 Å². The Morgan fingerprint density at radius 3 is 2.65 bits per heavy atom.